The molecule has 2 aromatic heterocycles. The van der Waals surface area contributed by atoms with E-state index in [4.69, 9.17) is 4.52 Å². The summed E-state index contributed by atoms with van der Waals surface area (Å²) in [6.45, 7) is 3.95. The van der Waals surface area contributed by atoms with Crippen molar-refractivity contribution in [1.29, 1.82) is 0 Å². The second kappa shape index (κ2) is 4.65. The molecular weight excluding hydrogens is 238 g/mol. The fourth-order valence-electron chi connectivity index (χ4n) is 1.94. The number of nitrogens with zero attached hydrogens (tertiary/aromatic N) is 3. The molecule has 4 nitrogen and oxygen atoms in total. The Morgan fingerprint density at radius 2 is 1.84 bits per heavy atom. The minimum absolute atomic E-state index is 0.689. The number of hydrogen-bond donors (Lipinski definition) is 0. The van der Waals surface area contributed by atoms with Crippen molar-refractivity contribution in [3.8, 4) is 22.6 Å². The number of aromatic nitrogens is 3. The summed E-state index contributed by atoms with van der Waals surface area (Å²) in [4.78, 5) is 8.44. The second-order valence-corrected chi connectivity index (χ2v) is 4.48. The van der Waals surface area contributed by atoms with Gasteiger partial charge in [0.25, 0.3) is 0 Å². The van der Waals surface area contributed by atoms with Gasteiger partial charge in [0.2, 0.25) is 0 Å². The molecule has 0 saturated heterocycles. The van der Waals surface area contributed by atoms with E-state index in [1.807, 2.05) is 25.1 Å². The van der Waals surface area contributed by atoms with Crippen molar-refractivity contribution in [2.45, 2.75) is 13.8 Å². The van der Waals surface area contributed by atoms with Crippen molar-refractivity contribution in [1.82, 2.24) is 15.1 Å². The van der Waals surface area contributed by atoms with E-state index in [1.54, 1.807) is 12.5 Å². The Kier molecular flexibility index (Phi) is 2.83. The molecule has 19 heavy (non-hydrogen) atoms. The zero-order valence-corrected chi connectivity index (χ0v) is 10.8. The molecule has 2 heterocycles. The summed E-state index contributed by atoms with van der Waals surface area (Å²) in [6.07, 6.45) is 3.30. The average Bonchev–Trinajstić information content (AvgIpc) is 2.86. The smallest absolute Gasteiger partial charge is 0.170 e. The zero-order chi connectivity index (χ0) is 13.2. The maximum absolute atomic E-state index is 5.31. The van der Waals surface area contributed by atoms with Gasteiger partial charge in [0.05, 0.1) is 17.0 Å². The van der Waals surface area contributed by atoms with Gasteiger partial charge in [-0.25, -0.2) is 9.97 Å². The molecule has 3 aromatic rings. The molecule has 0 aliphatic heterocycles. The summed E-state index contributed by atoms with van der Waals surface area (Å²) in [5.74, 6) is 0.689. The van der Waals surface area contributed by atoms with Gasteiger partial charge in [-0.2, -0.15) is 0 Å². The van der Waals surface area contributed by atoms with E-state index in [9.17, 15) is 0 Å². The van der Waals surface area contributed by atoms with Gasteiger partial charge in [-0.15, -0.1) is 0 Å². The highest BCUT2D eigenvalue weighted by molar-refractivity contribution is 5.77. The summed E-state index contributed by atoms with van der Waals surface area (Å²) in [7, 11) is 0. The third kappa shape index (κ3) is 2.25. The zero-order valence-electron chi connectivity index (χ0n) is 10.8. The van der Waals surface area contributed by atoms with E-state index < -0.39 is 0 Å². The Morgan fingerprint density at radius 1 is 1.05 bits per heavy atom. The molecular formula is C15H13N3O. The van der Waals surface area contributed by atoms with Gasteiger partial charge in [-0.3, -0.25) is 0 Å². The molecule has 0 radical (unpaired) electrons. The van der Waals surface area contributed by atoms with Crippen LogP contribution in [-0.2, 0) is 0 Å². The summed E-state index contributed by atoms with van der Waals surface area (Å²) in [5.41, 5.74) is 4.80. The van der Waals surface area contributed by atoms with Crippen LogP contribution in [0.3, 0.4) is 0 Å². The second-order valence-electron chi connectivity index (χ2n) is 4.48. The lowest BCUT2D eigenvalue weighted by atomic mass is 10.0. The molecule has 4 heteroatoms. The lowest BCUT2D eigenvalue weighted by Gasteiger charge is -2.05. The highest BCUT2D eigenvalue weighted by Gasteiger charge is 2.12. The molecule has 3 rings (SSSR count). The Balaban J connectivity index is 2.14. The van der Waals surface area contributed by atoms with Crippen molar-refractivity contribution < 1.29 is 4.52 Å². The minimum atomic E-state index is 0.689. The van der Waals surface area contributed by atoms with E-state index >= 15 is 0 Å². The van der Waals surface area contributed by atoms with Crippen molar-refractivity contribution in [3.05, 3.63) is 54.1 Å². The highest BCUT2D eigenvalue weighted by atomic mass is 16.5. The molecule has 0 bridgehead atoms. The molecule has 0 unspecified atom stereocenters. The van der Waals surface area contributed by atoms with Crippen LogP contribution in [0.25, 0.3) is 22.6 Å². The van der Waals surface area contributed by atoms with Gasteiger partial charge in [-0.05, 0) is 13.8 Å². The third-order valence-corrected chi connectivity index (χ3v) is 2.93. The normalized spacial score (nSPS) is 10.6. The van der Waals surface area contributed by atoms with E-state index in [2.05, 4.69) is 34.2 Å². The first kappa shape index (κ1) is 11.6. The Bertz CT molecular complexity index is 701. The molecule has 0 aliphatic rings. The summed E-state index contributed by atoms with van der Waals surface area (Å²) in [6, 6.07) is 10.1. The number of aryl methyl sites for hydroxylation is 2. The molecule has 0 N–H and O–H groups in total. The molecule has 94 valence electrons. The quantitative estimate of drug-likeness (QED) is 0.700. The monoisotopic (exact) mass is 251 g/mol. The maximum Gasteiger partial charge on any atom is 0.170 e. The van der Waals surface area contributed by atoms with Crippen LogP contribution in [0.15, 0.2) is 47.4 Å². The van der Waals surface area contributed by atoms with Crippen LogP contribution in [-0.4, -0.2) is 15.1 Å². The number of hydrogen-bond acceptors (Lipinski definition) is 4. The SMILES string of the molecule is Cc1ccc(-c2ncncc2-c2cc(C)no2)cc1. The topological polar surface area (TPSA) is 51.8 Å². The maximum atomic E-state index is 5.31. The molecule has 1 aromatic carbocycles. The third-order valence-electron chi connectivity index (χ3n) is 2.93. The number of benzene rings is 1. The molecule has 0 saturated carbocycles. The van der Waals surface area contributed by atoms with Crippen LogP contribution >= 0.6 is 0 Å². The van der Waals surface area contributed by atoms with E-state index in [1.165, 1.54) is 5.56 Å². The summed E-state index contributed by atoms with van der Waals surface area (Å²) in [5, 5.41) is 3.91. The fourth-order valence-corrected chi connectivity index (χ4v) is 1.94. The van der Waals surface area contributed by atoms with E-state index in [0.717, 1.165) is 22.5 Å². The predicted molar refractivity (Wildman–Crippen MR) is 72.4 cm³/mol. The van der Waals surface area contributed by atoms with Crippen LogP contribution < -0.4 is 0 Å². The molecule has 0 aliphatic carbocycles. The molecule has 0 spiro atoms. The summed E-state index contributed by atoms with van der Waals surface area (Å²) < 4.78 is 5.31. The Morgan fingerprint density at radius 3 is 2.53 bits per heavy atom. The lowest BCUT2D eigenvalue weighted by Crippen LogP contribution is -1.90. The van der Waals surface area contributed by atoms with Crippen molar-refractivity contribution in [2.75, 3.05) is 0 Å². The van der Waals surface area contributed by atoms with Crippen LogP contribution in [0.4, 0.5) is 0 Å². The van der Waals surface area contributed by atoms with Crippen molar-refractivity contribution in [3.63, 3.8) is 0 Å². The Labute approximate surface area is 111 Å². The first-order valence-corrected chi connectivity index (χ1v) is 6.05. The van der Waals surface area contributed by atoms with E-state index in [0.29, 0.717) is 5.76 Å². The highest BCUT2D eigenvalue weighted by Crippen LogP contribution is 2.29. The minimum Gasteiger partial charge on any atom is -0.356 e. The van der Waals surface area contributed by atoms with Gasteiger partial charge >= 0.3 is 0 Å². The molecule has 0 atom stereocenters. The molecule has 0 fully saturated rings. The van der Waals surface area contributed by atoms with Gasteiger partial charge in [0, 0.05) is 17.8 Å². The largest absolute Gasteiger partial charge is 0.356 e. The predicted octanol–water partition coefficient (Wildman–Crippen LogP) is 3.42. The first-order valence-electron chi connectivity index (χ1n) is 6.05. The Hall–Kier alpha value is -2.49. The van der Waals surface area contributed by atoms with Gasteiger partial charge in [-0.1, -0.05) is 35.0 Å². The van der Waals surface area contributed by atoms with Crippen LogP contribution in [0.1, 0.15) is 11.3 Å². The first-order chi connectivity index (χ1) is 9.24. The average molecular weight is 251 g/mol. The lowest BCUT2D eigenvalue weighted by molar-refractivity contribution is 0.427. The number of rotatable bonds is 2. The van der Waals surface area contributed by atoms with Crippen LogP contribution in [0, 0.1) is 13.8 Å². The summed E-state index contributed by atoms with van der Waals surface area (Å²) >= 11 is 0. The standard InChI is InChI=1S/C15H13N3O/c1-10-3-5-12(6-4-10)15-13(8-16-9-17-15)14-7-11(2)18-19-14/h3-9H,1-2H3. The molecule has 0 amide bonds. The van der Waals surface area contributed by atoms with E-state index in [-0.39, 0.29) is 0 Å². The van der Waals surface area contributed by atoms with Crippen molar-refractivity contribution in [2.24, 2.45) is 0 Å². The van der Waals surface area contributed by atoms with Gasteiger partial charge in [0.15, 0.2) is 5.76 Å². The van der Waals surface area contributed by atoms with Crippen LogP contribution in [0.5, 0.6) is 0 Å². The van der Waals surface area contributed by atoms with Gasteiger partial charge < -0.3 is 4.52 Å². The van der Waals surface area contributed by atoms with Crippen molar-refractivity contribution >= 4 is 0 Å². The van der Waals surface area contributed by atoms with Gasteiger partial charge in [0.1, 0.15) is 6.33 Å². The van der Waals surface area contributed by atoms with Crippen LogP contribution in [0.2, 0.25) is 0 Å². The fraction of sp³-hybridized carbons (Fsp3) is 0.133.